The number of nitrogens with one attached hydrogen (secondary N) is 1. The molecule has 1 atom stereocenters. The second-order valence-corrected chi connectivity index (χ2v) is 5.17. The van der Waals surface area contributed by atoms with Gasteiger partial charge in [0.15, 0.2) is 0 Å². The van der Waals surface area contributed by atoms with Crippen molar-refractivity contribution in [3.63, 3.8) is 0 Å². The van der Waals surface area contributed by atoms with Gasteiger partial charge < -0.3 is 9.88 Å². The molecule has 0 amide bonds. The van der Waals surface area contributed by atoms with Crippen molar-refractivity contribution in [3.8, 4) is 0 Å². The predicted octanol–water partition coefficient (Wildman–Crippen LogP) is 0.777. The largest absolute Gasteiger partial charge is 0.320 e. The highest BCUT2D eigenvalue weighted by Gasteiger charge is 2.20. The SMILES string of the molecule is CC(C)N(Cc1nncn1C)CC1CCCN1. The van der Waals surface area contributed by atoms with Gasteiger partial charge in [-0.1, -0.05) is 0 Å². The van der Waals surface area contributed by atoms with Gasteiger partial charge in [-0.05, 0) is 33.2 Å². The summed E-state index contributed by atoms with van der Waals surface area (Å²) in [5.41, 5.74) is 0. The first kappa shape index (κ1) is 12.5. The molecule has 0 spiro atoms. The number of hydrogen-bond donors (Lipinski definition) is 1. The molecule has 5 nitrogen and oxygen atoms in total. The van der Waals surface area contributed by atoms with Crippen molar-refractivity contribution in [1.29, 1.82) is 0 Å². The van der Waals surface area contributed by atoms with E-state index in [4.69, 9.17) is 0 Å². The summed E-state index contributed by atoms with van der Waals surface area (Å²) in [5.74, 6) is 1.04. The standard InChI is InChI=1S/C12H23N5/c1-10(2)17(7-11-5-4-6-13-11)8-12-15-14-9-16(12)3/h9-11,13H,4-8H2,1-3H3. The summed E-state index contributed by atoms with van der Waals surface area (Å²) in [6, 6.07) is 1.18. The van der Waals surface area contributed by atoms with Crippen molar-refractivity contribution in [3.05, 3.63) is 12.2 Å². The van der Waals surface area contributed by atoms with E-state index in [-0.39, 0.29) is 0 Å². The lowest BCUT2D eigenvalue weighted by Gasteiger charge is -2.28. The highest BCUT2D eigenvalue weighted by molar-refractivity contribution is 4.87. The fourth-order valence-electron chi connectivity index (χ4n) is 2.29. The number of hydrogen-bond acceptors (Lipinski definition) is 4. The first-order chi connectivity index (χ1) is 8.16. The first-order valence-electron chi connectivity index (χ1n) is 6.47. The van der Waals surface area contributed by atoms with E-state index in [1.807, 2.05) is 11.6 Å². The smallest absolute Gasteiger partial charge is 0.146 e. The summed E-state index contributed by atoms with van der Waals surface area (Å²) in [7, 11) is 2.00. The van der Waals surface area contributed by atoms with Gasteiger partial charge in [0.25, 0.3) is 0 Å². The average molecular weight is 237 g/mol. The summed E-state index contributed by atoms with van der Waals surface area (Å²) in [5, 5.41) is 11.7. The van der Waals surface area contributed by atoms with Crippen molar-refractivity contribution < 1.29 is 0 Å². The molecule has 1 N–H and O–H groups in total. The van der Waals surface area contributed by atoms with Gasteiger partial charge in [-0.2, -0.15) is 0 Å². The molecule has 2 rings (SSSR count). The Labute approximate surface area is 103 Å². The van der Waals surface area contributed by atoms with E-state index in [9.17, 15) is 0 Å². The molecule has 0 aromatic carbocycles. The van der Waals surface area contributed by atoms with Crippen LogP contribution in [0.3, 0.4) is 0 Å². The van der Waals surface area contributed by atoms with Crippen LogP contribution in [0.4, 0.5) is 0 Å². The van der Waals surface area contributed by atoms with Crippen LogP contribution in [0.1, 0.15) is 32.5 Å². The van der Waals surface area contributed by atoms with Gasteiger partial charge in [0.1, 0.15) is 12.2 Å². The van der Waals surface area contributed by atoms with E-state index in [0.717, 1.165) is 18.9 Å². The lowest BCUT2D eigenvalue weighted by Crippen LogP contribution is -2.41. The molecule has 0 radical (unpaired) electrons. The Morgan fingerprint density at radius 3 is 2.94 bits per heavy atom. The lowest BCUT2D eigenvalue weighted by molar-refractivity contribution is 0.187. The van der Waals surface area contributed by atoms with Crippen LogP contribution < -0.4 is 5.32 Å². The van der Waals surface area contributed by atoms with E-state index in [0.29, 0.717) is 12.1 Å². The van der Waals surface area contributed by atoms with Crippen molar-refractivity contribution in [2.75, 3.05) is 13.1 Å². The van der Waals surface area contributed by atoms with Crippen LogP contribution in [0.5, 0.6) is 0 Å². The molecule has 1 aromatic heterocycles. The summed E-state index contributed by atoms with van der Waals surface area (Å²) in [6.07, 6.45) is 4.37. The fourth-order valence-corrected chi connectivity index (χ4v) is 2.29. The normalized spacial score (nSPS) is 20.6. The van der Waals surface area contributed by atoms with E-state index < -0.39 is 0 Å². The zero-order valence-electron chi connectivity index (χ0n) is 11.1. The predicted molar refractivity (Wildman–Crippen MR) is 67.6 cm³/mol. The molecular formula is C12H23N5. The first-order valence-corrected chi connectivity index (χ1v) is 6.47. The van der Waals surface area contributed by atoms with Gasteiger partial charge in [-0.15, -0.1) is 10.2 Å². The third-order valence-corrected chi connectivity index (χ3v) is 3.50. The van der Waals surface area contributed by atoms with Gasteiger partial charge >= 0.3 is 0 Å². The van der Waals surface area contributed by atoms with Crippen LogP contribution in [0.25, 0.3) is 0 Å². The third-order valence-electron chi connectivity index (χ3n) is 3.50. The maximum atomic E-state index is 4.16. The van der Waals surface area contributed by atoms with Crippen molar-refractivity contribution in [2.45, 2.75) is 45.3 Å². The van der Waals surface area contributed by atoms with Crippen LogP contribution in [0.2, 0.25) is 0 Å². The zero-order valence-corrected chi connectivity index (χ0v) is 11.1. The molecule has 5 heteroatoms. The van der Waals surface area contributed by atoms with E-state index >= 15 is 0 Å². The Morgan fingerprint density at radius 1 is 1.59 bits per heavy atom. The molecule has 1 saturated heterocycles. The molecule has 1 aliphatic heterocycles. The topological polar surface area (TPSA) is 46.0 Å². The summed E-state index contributed by atoms with van der Waals surface area (Å²) in [4.78, 5) is 2.47. The molecule has 0 aliphatic carbocycles. The number of aromatic nitrogens is 3. The molecule has 1 fully saturated rings. The Bertz CT molecular complexity index is 340. The highest BCUT2D eigenvalue weighted by Crippen LogP contribution is 2.11. The van der Waals surface area contributed by atoms with Crippen LogP contribution in [-0.2, 0) is 13.6 Å². The summed E-state index contributed by atoms with van der Waals surface area (Å²) >= 11 is 0. The average Bonchev–Trinajstić information content (AvgIpc) is 2.90. The van der Waals surface area contributed by atoms with Crippen molar-refractivity contribution in [1.82, 2.24) is 25.0 Å². The van der Waals surface area contributed by atoms with Crippen molar-refractivity contribution in [2.24, 2.45) is 7.05 Å². The molecule has 0 saturated carbocycles. The van der Waals surface area contributed by atoms with Gasteiger partial charge in [0.2, 0.25) is 0 Å². The number of aryl methyl sites for hydroxylation is 1. The van der Waals surface area contributed by atoms with E-state index in [1.54, 1.807) is 6.33 Å². The van der Waals surface area contributed by atoms with Crippen molar-refractivity contribution >= 4 is 0 Å². The van der Waals surface area contributed by atoms with Crippen LogP contribution in [-0.4, -0.2) is 44.8 Å². The quantitative estimate of drug-likeness (QED) is 0.822. The maximum Gasteiger partial charge on any atom is 0.146 e. The minimum Gasteiger partial charge on any atom is -0.320 e. The molecule has 1 aliphatic rings. The van der Waals surface area contributed by atoms with E-state index in [2.05, 4.69) is 34.3 Å². The van der Waals surface area contributed by atoms with Crippen LogP contribution in [0, 0.1) is 0 Å². The fraction of sp³-hybridized carbons (Fsp3) is 0.833. The molecule has 96 valence electrons. The molecule has 1 unspecified atom stereocenters. The van der Waals surface area contributed by atoms with Gasteiger partial charge in [0, 0.05) is 25.7 Å². The second-order valence-electron chi connectivity index (χ2n) is 5.17. The molecule has 0 bridgehead atoms. The lowest BCUT2D eigenvalue weighted by atomic mass is 10.2. The van der Waals surface area contributed by atoms with Crippen LogP contribution >= 0.6 is 0 Å². The van der Waals surface area contributed by atoms with Crippen LogP contribution in [0.15, 0.2) is 6.33 Å². The monoisotopic (exact) mass is 237 g/mol. The Kier molecular flexibility index (Phi) is 4.12. The molecule has 1 aromatic rings. The number of rotatable bonds is 5. The summed E-state index contributed by atoms with van der Waals surface area (Å²) in [6.45, 7) is 7.63. The Morgan fingerprint density at radius 2 is 2.41 bits per heavy atom. The third kappa shape index (κ3) is 3.26. The zero-order chi connectivity index (χ0) is 12.3. The number of nitrogens with zero attached hydrogens (tertiary/aromatic N) is 4. The molecule has 17 heavy (non-hydrogen) atoms. The Balaban J connectivity index is 1.95. The minimum atomic E-state index is 0.536. The maximum absolute atomic E-state index is 4.16. The molecular weight excluding hydrogens is 214 g/mol. The minimum absolute atomic E-state index is 0.536. The summed E-state index contributed by atoms with van der Waals surface area (Å²) < 4.78 is 2.00. The Hall–Kier alpha value is -0.940. The second kappa shape index (κ2) is 5.60. The van der Waals surface area contributed by atoms with Gasteiger partial charge in [-0.25, -0.2) is 0 Å². The van der Waals surface area contributed by atoms with E-state index in [1.165, 1.54) is 19.4 Å². The van der Waals surface area contributed by atoms with Gasteiger partial charge in [0.05, 0.1) is 6.54 Å². The van der Waals surface area contributed by atoms with Gasteiger partial charge in [-0.3, -0.25) is 4.90 Å². The highest BCUT2D eigenvalue weighted by atomic mass is 15.3. The molecule has 2 heterocycles.